The van der Waals surface area contributed by atoms with Gasteiger partial charge in [-0.2, -0.15) is 4.98 Å². The van der Waals surface area contributed by atoms with Crippen LogP contribution in [0.3, 0.4) is 0 Å². The Hall–Kier alpha value is -1.58. The third kappa shape index (κ3) is 3.72. The average molecular weight is 247 g/mol. The van der Waals surface area contributed by atoms with Gasteiger partial charge in [-0.25, -0.2) is 4.98 Å². The Balaban J connectivity index is 2.06. The largest absolute Gasteiger partial charge is 0.477 e. The molecule has 0 radical (unpaired) electrons. The van der Waals surface area contributed by atoms with Crippen molar-refractivity contribution in [2.75, 3.05) is 18.5 Å². The summed E-state index contributed by atoms with van der Waals surface area (Å²) in [6.45, 7) is 7.36. The van der Waals surface area contributed by atoms with Crippen LogP contribution >= 0.6 is 0 Å². The molecule has 0 atom stereocenters. The van der Waals surface area contributed by atoms with E-state index in [1.54, 1.807) is 0 Å². The molecule has 0 aromatic carbocycles. The third-order valence-corrected chi connectivity index (χ3v) is 2.79. The maximum absolute atomic E-state index is 5.62. The normalized spacial score (nSPS) is 14.3. The molecule has 4 nitrogen and oxygen atoms in total. The number of ether oxygens (including phenoxy) is 1. The van der Waals surface area contributed by atoms with Crippen molar-refractivity contribution in [3.63, 3.8) is 0 Å². The average Bonchev–Trinajstić information content (AvgIpc) is 3.21. The van der Waals surface area contributed by atoms with Gasteiger partial charge in [0.15, 0.2) is 0 Å². The molecule has 0 saturated heterocycles. The minimum Gasteiger partial charge on any atom is -0.477 e. The predicted octanol–water partition coefficient (Wildman–Crippen LogP) is 3.13. The van der Waals surface area contributed by atoms with E-state index in [-0.39, 0.29) is 0 Å². The van der Waals surface area contributed by atoms with E-state index in [4.69, 9.17) is 4.74 Å². The molecule has 0 aliphatic heterocycles. The van der Waals surface area contributed by atoms with Crippen molar-refractivity contribution in [1.82, 2.24) is 9.97 Å². The van der Waals surface area contributed by atoms with Gasteiger partial charge in [0.05, 0.1) is 6.61 Å². The van der Waals surface area contributed by atoms with E-state index < -0.39 is 0 Å². The first kappa shape index (κ1) is 12.9. The van der Waals surface area contributed by atoms with Crippen LogP contribution in [0.25, 0.3) is 0 Å². The second kappa shape index (κ2) is 6.38. The topological polar surface area (TPSA) is 47.0 Å². The van der Waals surface area contributed by atoms with Crippen LogP contribution in [0.2, 0.25) is 0 Å². The van der Waals surface area contributed by atoms with Gasteiger partial charge in [-0.05, 0) is 25.7 Å². The molecule has 1 aliphatic carbocycles. The zero-order valence-corrected chi connectivity index (χ0v) is 11.0. The highest BCUT2D eigenvalue weighted by molar-refractivity contribution is 5.39. The SMILES string of the molecule is C=CCCOc1cc(NCCC)nc(C2CC2)n1. The molecular formula is C14H21N3O. The molecule has 18 heavy (non-hydrogen) atoms. The molecule has 1 aromatic heterocycles. The first-order valence-corrected chi connectivity index (χ1v) is 6.70. The van der Waals surface area contributed by atoms with Crippen molar-refractivity contribution < 1.29 is 4.74 Å². The van der Waals surface area contributed by atoms with Gasteiger partial charge in [0.1, 0.15) is 11.6 Å². The number of nitrogens with one attached hydrogen (secondary N) is 1. The highest BCUT2D eigenvalue weighted by Crippen LogP contribution is 2.39. The smallest absolute Gasteiger partial charge is 0.218 e. The molecule has 1 fully saturated rings. The molecule has 0 amide bonds. The molecule has 1 aromatic rings. The molecular weight excluding hydrogens is 226 g/mol. The molecule has 4 heteroatoms. The summed E-state index contributed by atoms with van der Waals surface area (Å²) < 4.78 is 5.62. The lowest BCUT2D eigenvalue weighted by molar-refractivity contribution is 0.311. The summed E-state index contributed by atoms with van der Waals surface area (Å²) in [4.78, 5) is 9.01. The number of rotatable bonds is 8. The minimum atomic E-state index is 0.537. The summed E-state index contributed by atoms with van der Waals surface area (Å²) in [5.74, 6) is 3.01. The Kier molecular flexibility index (Phi) is 4.56. The monoisotopic (exact) mass is 247 g/mol. The molecule has 0 bridgehead atoms. The molecule has 1 aliphatic rings. The number of aromatic nitrogens is 2. The van der Waals surface area contributed by atoms with Crippen LogP contribution in [0, 0.1) is 0 Å². The molecule has 1 heterocycles. The van der Waals surface area contributed by atoms with Crippen LogP contribution in [-0.2, 0) is 0 Å². The van der Waals surface area contributed by atoms with Gasteiger partial charge in [0.25, 0.3) is 0 Å². The standard InChI is InChI=1S/C14H21N3O/c1-3-5-9-18-13-10-12(15-8-4-2)16-14(17-13)11-6-7-11/h3,10-11H,1,4-9H2,2H3,(H,15,16,17). The first-order valence-electron chi connectivity index (χ1n) is 6.70. The zero-order valence-electron chi connectivity index (χ0n) is 11.0. The fourth-order valence-corrected chi connectivity index (χ4v) is 1.63. The van der Waals surface area contributed by atoms with Crippen molar-refractivity contribution in [2.45, 2.75) is 38.5 Å². The van der Waals surface area contributed by atoms with Crippen LogP contribution in [0.5, 0.6) is 5.88 Å². The van der Waals surface area contributed by atoms with Crippen LogP contribution in [0.15, 0.2) is 18.7 Å². The summed E-state index contributed by atoms with van der Waals surface area (Å²) in [5, 5.41) is 3.30. The van der Waals surface area contributed by atoms with Gasteiger partial charge in [0, 0.05) is 18.5 Å². The predicted molar refractivity (Wildman–Crippen MR) is 73.1 cm³/mol. The highest BCUT2D eigenvalue weighted by atomic mass is 16.5. The maximum atomic E-state index is 5.62. The molecule has 98 valence electrons. The van der Waals surface area contributed by atoms with Gasteiger partial charge in [-0.15, -0.1) is 6.58 Å². The Morgan fingerprint density at radius 3 is 3.00 bits per heavy atom. The van der Waals surface area contributed by atoms with E-state index in [0.29, 0.717) is 18.4 Å². The van der Waals surface area contributed by atoms with Gasteiger partial charge < -0.3 is 10.1 Å². The van der Waals surface area contributed by atoms with Crippen LogP contribution in [0.1, 0.15) is 44.3 Å². The first-order chi connectivity index (χ1) is 8.83. The van der Waals surface area contributed by atoms with Crippen molar-refractivity contribution in [3.05, 3.63) is 24.5 Å². The van der Waals surface area contributed by atoms with Gasteiger partial charge in [-0.3, -0.25) is 0 Å². The summed E-state index contributed by atoms with van der Waals surface area (Å²) >= 11 is 0. The fraction of sp³-hybridized carbons (Fsp3) is 0.571. The van der Waals surface area contributed by atoms with Crippen molar-refractivity contribution in [3.8, 4) is 5.88 Å². The summed E-state index contributed by atoms with van der Waals surface area (Å²) in [5.41, 5.74) is 0. The van der Waals surface area contributed by atoms with Crippen LogP contribution < -0.4 is 10.1 Å². The van der Waals surface area contributed by atoms with E-state index in [0.717, 1.165) is 31.0 Å². The second-order valence-corrected chi connectivity index (χ2v) is 4.58. The van der Waals surface area contributed by atoms with Crippen molar-refractivity contribution in [2.24, 2.45) is 0 Å². The van der Waals surface area contributed by atoms with Gasteiger partial charge in [0.2, 0.25) is 5.88 Å². The van der Waals surface area contributed by atoms with E-state index in [1.807, 2.05) is 12.1 Å². The third-order valence-electron chi connectivity index (χ3n) is 2.79. The number of anilines is 1. The van der Waals surface area contributed by atoms with E-state index in [1.165, 1.54) is 12.8 Å². The number of nitrogens with zero attached hydrogens (tertiary/aromatic N) is 2. The van der Waals surface area contributed by atoms with E-state index in [2.05, 4.69) is 28.8 Å². The van der Waals surface area contributed by atoms with E-state index >= 15 is 0 Å². The lowest BCUT2D eigenvalue weighted by Gasteiger charge is -2.09. The van der Waals surface area contributed by atoms with E-state index in [9.17, 15) is 0 Å². The Morgan fingerprint density at radius 1 is 1.50 bits per heavy atom. The fourth-order valence-electron chi connectivity index (χ4n) is 1.63. The van der Waals surface area contributed by atoms with Crippen molar-refractivity contribution in [1.29, 1.82) is 0 Å². The van der Waals surface area contributed by atoms with Crippen LogP contribution in [-0.4, -0.2) is 23.1 Å². The molecule has 1 N–H and O–H groups in total. The Morgan fingerprint density at radius 2 is 2.33 bits per heavy atom. The zero-order chi connectivity index (χ0) is 12.8. The number of hydrogen-bond acceptors (Lipinski definition) is 4. The number of hydrogen-bond donors (Lipinski definition) is 1. The highest BCUT2D eigenvalue weighted by Gasteiger charge is 2.27. The van der Waals surface area contributed by atoms with Crippen molar-refractivity contribution >= 4 is 5.82 Å². The summed E-state index contributed by atoms with van der Waals surface area (Å²) in [7, 11) is 0. The molecule has 0 spiro atoms. The quantitative estimate of drug-likeness (QED) is 0.566. The molecule has 2 rings (SSSR count). The Bertz CT molecular complexity index is 402. The lowest BCUT2D eigenvalue weighted by Crippen LogP contribution is -2.07. The summed E-state index contributed by atoms with van der Waals surface area (Å²) in [6, 6.07) is 1.88. The molecule has 1 saturated carbocycles. The minimum absolute atomic E-state index is 0.537. The Labute approximate surface area is 108 Å². The van der Waals surface area contributed by atoms with Gasteiger partial charge >= 0.3 is 0 Å². The summed E-state index contributed by atoms with van der Waals surface area (Å²) in [6.07, 6.45) is 6.15. The maximum Gasteiger partial charge on any atom is 0.218 e. The van der Waals surface area contributed by atoms with Crippen LogP contribution in [0.4, 0.5) is 5.82 Å². The lowest BCUT2D eigenvalue weighted by atomic mass is 10.3. The van der Waals surface area contributed by atoms with Gasteiger partial charge in [-0.1, -0.05) is 13.0 Å². The second-order valence-electron chi connectivity index (χ2n) is 4.58. The molecule has 0 unspecified atom stereocenters.